The molecule has 0 aliphatic heterocycles. The summed E-state index contributed by atoms with van der Waals surface area (Å²) in [6.07, 6.45) is -0.491. The molecule has 0 saturated heterocycles. The molecule has 0 bridgehead atoms. The molecule has 2 aromatic carbocycles. The van der Waals surface area contributed by atoms with Gasteiger partial charge in [0.1, 0.15) is 0 Å². The fourth-order valence-electron chi connectivity index (χ4n) is 1.69. The zero-order chi connectivity index (χ0) is 13.0. The van der Waals surface area contributed by atoms with Gasteiger partial charge in [0.15, 0.2) is 0 Å². The molecule has 1 unspecified atom stereocenters. The Balaban J connectivity index is 1.93. The van der Waals surface area contributed by atoms with Crippen LogP contribution in [0.5, 0.6) is 0 Å². The second-order valence-corrected chi connectivity index (χ2v) is 5.23. The fourth-order valence-corrected chi connectivity index (χ4v) is 1.95. The summed E-state index contributed by atoms with van der Waals surface area (Å²) < 4.78 is 1.05. The van der Waals surface area contributed by atoms with Crippen LogP contribution >= 0.6 is 15.9 Å². The predicted molar refractivity (Wildman–Crippen MR) is 78.8 cm³/mol. The van der Waals surface area contributed by atoms with Crippen LogP contribution in [0.2, 0.25) is 0 Å². The molecule has 0 aliphatic carbocycles. The van der Waals surface area contributed by atoms with Gasteiger partial charge in [0.2, 0.25) is 0 Å². The van der Waals surface area contributed by atoms with Crippen molar-refractivity contribution in [2.24, 2.45) is 0 Å². The molecule has 0 fully saturated rings. The Labute approximate surface area is 116 Å². The molecule has 0 aromatic heterocycles. The molecule has 3 heteroatoms. The summed E-state index contributed by atoms with van der Waals surface area (Å²) >= 11 is 3.39. The van der Waals surface area contributed by atoms with E-state index in [-0.39, 0.29) is 0 Å². The lowest BCUT2D eigenvalue weighted by Crippen LogP contribution is -2.11. The maximum Gasteiger partial charge on any atom is 0.0962 e. The van der Waals surface area contributed by atoms with Gasteiger partial charge in [0.25, 0.3) is 0 Å². The van der Waals surface area contributed by atoms with Gasteiger partial charge >= 0.3 is 0 Å². The smallest absolute Gasteiger partial charge is 0.0962 e. The van der Waals surface area contributed by atoms with Crippen molar-refractivity contribution in [3.63, 3.8) is 0 Å². The number of aliphatic hydroxyl groups excluding tert-OH is 1. The van der Waals surface area contributed by atoms with Crippen LogP contribution in [0.15, 0.2) is 53.0 Å². The van der Waals surface area contributed by atoms with Gasteiger partial charge in [-0.05, 0) is 36.8 Å². The van der Waals surface area contributed by atoms with E-state index in [4.69, 9.17) is 0 Å². The molecule has 0 amide bonds. The van der Waals surface area contributed by atoms with Gasteiger partial charge in [-0.25, -0.2) is 0 Å². The molecule has 2 nitrogen and oxygen atoms in total. The largest absolute Gasteiger partial charge is 0.387 e. The predicted octanol–water partition coefficient (Wildman–Crippen LogP) is 3.90. The Morgan fingerprint density at radius 2 is 1.67 bits per heavy atom. The normalized spacial score (nSPS) is 12.2. The molecule has 94 valence electrons. The highest BCUT2D eigenvalue weighted by atomic mass is 79.9. The summed E-state index contributed by atoms with van der Waals surface area (Å²) in [5.74, 6) is 0. The number of hydrogen-bond donors (Lipinski definition) is 2. The van der Waals surface area contributed by atoms with Crippen molar-refractivity contribution >= 4 is 21.6 Å². The van der Waals surface area contributed by atoms with Crippen LogP contribution in [-0.4, -0.2) is 11.7 Å². The highest BCUT2D eigenvalue weighted by molar-refractivity contribution is 9.10. The van der Waals surface area contributed by atoms with E-state index in [1.807, 2.05) is 55.5 Å². The number of benzene rings is 2. The van der Waals surface area contributed by atoms with Gasteiger partial charge in [0, 0.05) is 16.7 Å². The van der Waals surface area contributed by atoms with Gasteiger partial charge in [0.05, 0.1) is 6.10 Å². The van der Waals surface area contributed by atoms with Crippen LogP contribution in [-0.2, 0) is 0 Å². The van der Waals surface area contributed by atoms with E-state index in [1.165, 1.54) is 5.56 Å². The topological polar surface area (TPSA) is 32.3 Å². The monoisotopic (exact) mass is 305 g/mol. The van der Waals surface area contributed by atoms with Gasteiger partial charge in [-0.2, -0.15) is 0 Å². The Morgan fingerprint density at radius 3 is 2.28 bits per heavy atom. The van der Waals surface area contributed by atoms with E-state index >= 15 is 0 Å². The van der Waals surface area contributed by atoms with Crippen LogP contribution < -0.4 is 5.32 Å². The molecule has 0 spiro atoms. The lowest BCUT2D eigenvalue weighted by molar-refractivity contribution is 0.191. The van der Waals surface area contributed by atoms with E-state index < -0.39 is 6.10 Å². The molecule has 0 radical (unpaired) electrons. The molecule has 0 heterocycles. The van der Waals surface area contributed by atoms with Crippen LogP contribution in [0.25, 0.3) is 0 Å². The molecular formula is C15H16BrNO. The molecule has 2 aromatic rings. The van der Waals surface area contributed by atoms with Crippen LogP contribution in [0.1, 0.15) is 17.2 Å². The average Bonchev–Trinajstić information content (AvgIpc) is 2.38. The van der Waals surface area contributed by atoms with Gasteiger partial charge in [-0.1, -0.05) is 45.8 Å². The molecule has 0 saturated carbocycles. The summed E-state index contributed by atoms with van der Waals surface area (Å²) in [4.78, 5) is 0. The minimum Gasteiger partial charge on any atom is -0.387 e. The number of rotatable bonds is 4. The second kappa shape index (κ2) is 6.03. The lowest BCUT2D eigenvalue weighted by atomic mass is 10.1. The van der Waals surface area contributed by atoms with Crippen molar-refractivity contribution in [1.82, 2.24) is 0 Å². The minimum atomic E-state index is -0.491. The minimum absolute atomic E-state index is 0.491. The molecular weight excluding hydrogens is 290 g/mol. The number of hydrogen-bond acceptors (Lipinski definition) is 2. The zero-order valence-electron chi connectivity index (χ0n) is 10.2. The first-order valence-corrected chi connectivity index (χ1v) is 6.68. The maximum absolute atomic E-state index is 10.1. The number of aryl methyl sites for hydroxylation is 1. The number of halogens is 1. The van der Waals surface area contributed by atoms with E-state index in [0.717, 1.165) is 15.7 Å². The SMILES string of the molecule is Cc1ccc(C(O)CNc2ccc(Br)cc2)cc1. The fraction of sp³-hybridized carbons (Fsp3) is 0.200. The van der Waals surface area contributed by atoms with Crippen molar-refractivity contribution in [2.45, 2.75) is 13.0 Å². The number of nitrogens with one attached hydrogen (secondary N) is 1. The first-order valence-electron chi connectivity index (χ1n) is 5.89. The zero-order valence-corrected chi connectivity index (χ0v) is 11.8. The molecule has 18 heavy (non-hydrogen) atoms. The van der Waals surface area contributed by atoms with E-state index in [9.17, 15) is 5.11 Å². The summed E-state index contributed by atoms with van der Waals surface area (Å²) in [5.41, 5.74) is 3.14. The van der Waals surface area contributed by atoms with Crippen LogP contribution in [0.4, 0.5) is 5.69 Å². The highest BCUT2D eigenvalue weighted by Crippen LogP contribution is 2.17. The lowest BCUT2D eigenvalue weighted by Gasteiger charge is -2.13. The number of aliphatic hydroxyl groups is 1. The van der Waals surface area contributed by atoms with Crippen molar-refractivity contribution in [3.05, 3.63) is 64.1 Å². The summed E-state index contributed by atoms with van der Waals surface area (Å²) in [5, 5.41) is 13.3. The van der Waals surface area contributed by atoms with E-state index in [1.54, 1.807) is 0 Å². The standard InChI is InChI=1S/C15H16BrNO/c1-11-2-4-12(5-3-11)15(18)10-17-14-8-6-13(16)7-9-14/h2-9,15,17-18H,10H2,1H3. The average molecular weight is 306 g/mol. The van der Waals surface area contributed by atoms with Crippen molar-refractivity contribution in [2.75, 3.05) is 11.9 Å². The van der Waals surface area contributed by atoms with Crippen molar-refractivity contribution in [3.8, 4) is 0 Å². The third-order valence-corrected chi connectivity index (χ3v) is 3.33. The van der Waals surface area contributed by atoms with Gasteiger partial charge in [-0.3, -0.25) is 0 Å². The van der Waals surface area contributed by atoms with E-state index in [2.05, 4.69) is 21.2 Å². The quantitative estimate of drug-likeness (QED) is 0.898. The summed E-state index contributed by atoms with van der Waals surface area (Å²) in [6, 6.07) is 15.8. The second-order valence-electron chi connectivity index (χ2n) is 4.31. The highest BCUT2D eigenvalue weighted by Gasteiger charge is 2.06. The summed E-state index contributed by atoms with van der Waals surface area (Å²) in [7, 11) is 0. The molecule has 0 aliphatic rings. The molecule has 2 N–H and O–H groups in total. The Hall–Kier alpha value is -1.32. The maximum atomic E-state index is 10.1. The van der Waals surface area contributed by atoms with Gasteiger partial charge < -0.3 is 10.4 Å². The van der Waals surface area contributed by atoms with Crippen molar-refractivity contribution < 1.29 is 5.11 Å². The summed E-state index contributed by atoms with van der Waals surface area (Å²) in [6.45, 7) is 2.54. The Kier molecular flexibility index (Phi) is 4.39. The molecule has 1 atom stereocenters. The Bertz CT molecular complexity index is 493. The first-order chi connectivity index (χ1) is 8.65. The van der Waals surface area contributed by atoms with Gasteiger partial charge in [-0.15, -0.1) is 0 Å². The third kappa shape index (κ3) is 3.59. The Morgan fingerprint density at radius 1 is 1.06 bits per heavy atom. The van der Waals surface area contributed by atoms with Crippen LogP contribution in [0.3, 0.4) is 0 Å². The number of anilines is 1. The molecule has 2 rings (SSSR count). The first kappa shape index (κ1) is 13.1. The van der Waals surface area contributed by atoms with Crippen molar-refractivity contribution in [1.29, 1.82) is 0 Å². The third-order valence-electron chi connectivity index (χ3n) is 2.81. The van der Waals surface area contributed by atoms with Crippen LogP contribution in [0, 0.1) is 6.92 Å². The van der Waals surface area contributed by atoms with E-state index in [0.29, 0.717) is 6.54 Å².